The lowest BCUT2D eigenvalue weighted by Crippen LogP contribution is -2.40. The number of nitrogens with zero attached hydrogens (tertiary/aromatic N) is 2. The van der Waals surface area contributed by atoms with Crippen molar-refractivity contribution in [3.05, 3.63) is 29.6 Å². The van der Waals surface area contributed by atoms with Crippen molar-refractivity contribution in [2.45, 2.75) is 13.5 Å². The van der Waals surface area contributed by atoms with E-state index in [4.69, 9.17) is 9.47 Å². The van der Waals surface area contributed by atoms with Crippen LogP contribution in [-0.4, -0.2) is 42.3 Å². The van der Waals surface area contributed by atoms with Crippen LogP contribution in [-0.2, 0) is 16.1 Å². The molecule has 1 saturated heterocycles. The largest absolute Gasteiger partial charge is 0.443 e. The Labute approximate surface area is 100 Å². The van der Waals surface area contributed by atoms with Crippen molar-refractivity contribution in [2.24, 2.45) is 0 Å². The number of hydrogen-bond acceptors (Lipinski definition) is 4. The van der Waals surface area contributed by atoms with Gasteiger partial charge >= 0.3 is 6.09 Å². The molecule has 1 aliphatic heterocycles. The maximum absolute atomic E-state index is 11.7. The Morgan fingerprint density at radius 3 is 2.94 bits per heavy atom. The van der Waals surface area contributed by atoms with E-state index in [1.165, 1.54) is 0 Å². The lowest BCUT2D eigenvalue weighted by atomic mass is 10.3. The highest BCUT2D eigenvalue weighted by molar-refractivity contribution is 5.67. The fourth-order valence-electron chi connectivity index (χ4n) is 1.65. The van der Waals surface area contributed by atoms with Crippen molar-refractivity contribution in [1.29, 1.82) is 0 Å². The lowest BCUT2D eigenvalue weighted by Gasteiger charge is -2.25. The second-order valence-electron chi connectivity index (χ2n) is 3.92. The molecule has 1 fully saturated rings. The molecule has 1 amide bonds. The number of pyridine rings is 1. The third-order valence-electron chi connectivity index (χ3n) is 2.56. The minimum Gasteiger partial charge on any atom is -0.443 e. The Morgan fingerprint density at radius 1 is 1.47 bits per heavy atom. The van der Waals surface area contributed by atoms with Crippen LogP contribution in [0.15, 0.2) is 18.2 Å². The summed E-state index contributed by atoms with van der Waals surface area (Å²) in [5, 5.41) is 0. The zero-order valence-electron chi connectivity index (χ0n) is 9.89. The van der Waals surface area contributed by atoms with Crippen molar-refractivity contribution in [3.8, 4) is 0 Å². The molecule has 5 nitrogen and oxygen atoms in total. The molecular weight excluding hydrogens is 220 g/mol. The van der Waals surface area contributed by atoms with Crippen molar-refractivity contribution < 1.29 is 14.3 Å². The summed E-state index contributed by atoms with van der Waals surface area (Å²) in [7, 11) is 0. The van der Waals surface area contributed by atoms with E-state index in [1.807, 2.05) is 25.1 Å². The Kier molecular flexibility index (Phi) is 3.93. The van der Waals surface area contributed by atoms with Crippen molar-refractivity contribution in [1.82, 2.24) is 9.88 Å². The number of morpholine rings is 1. The first-order valence-corrected chi connectivity index (χ1v) is 5.68. The van der Waals surface area contributed by atoms with Gasteiger partial charge in [-0.15, -0.1) is 0 Å². The summed E-state index contributed by atoms with van der Waals surface area (Å²) < 4.78 is 10.4. The molecule has 2 rings (SSSR count). The number of carbonyl (C=O) groups excluding carboxylic acids is 1. The van der Waals surface area contributed by atoms with E-state index in [-0.39, 0.29) is 12.7 Å². The number of ether oxygens (including phenoxy) is 2. The fourth-order valence-corrected chi connectivity index (χ4v) is 1.65. The van der Waals surface area contributed by atoms with Crippen LogP contribution in [0, 0.1) is 6.92 Å². The van der Waals surface area contributed by atoms with Crippen LogP contribution in [0.4, 0.5) is 4.79 Å². The standard InChI is InChI=1S/C12H16N2O3/c1-10-3-2-4-11(13-10)9-17-12(15)14-5-7-16-8-6-14/h2-4H,5-9H2,1H3. The molecule has 92 valence electrons. The monoisotopic (exact) mass is 236 g/mol. The number of aromatic nitrogens is 1. The van der Waals surface area contributed by atoms with Gasteiger partial charge < -0.3 is 14.4 Å². The molecule has 0 aromatic carbocycles. The first kappa shape index (κ1) is 11.9. The first-order valence-electron chi connectivity index (χ1n) is 5.68. The Hall–Kier alpha value is -1.62. The number of rotatable bonds is 2. The summed E-state index contributed by atoms with van der Waals surface area (Å²) in [5.41, 5.74) is 1.69. The quantitative estimate of drug-likeness (QED) is 0.778. The van der Waals surface area contributed by atoms with Gasteiger partial charge in [-0.05, 0) is 19.1 Å². The minimum atomic E-state index is -0.295. The number of amides is 1. The van der Waals surface area contributed by atoms with Gasteiger partial charge in [0.25, 0.3) is 0 Å². The summed E-state index contributed by atoms with van der Waals surface area (Å²) in [6, 6.07) is 5.66. The Balaban J connectivity index is 1.83. The summed E-state index contributed by atoms with van der Waals surface area (Å²) in [5.74, 6) is 0. The fraction of sp³-hybridized carbons (Fsp3) is 0.500. The van der Waals surface area contributed by atoms with Gasteiger partial charge in [0, 0.05) is 18.8 Å². The first-order chi connectivity index (χ1) is 8.25. The molecule has 0 bridgehead atoms. The number of hydrogen-bond donors (Lipinski definition) is 0. The average molecular weight is 236 g/mol. The molecule has 0 radical (unpaired) electrons. The molecule has 17 heavy (non-hydrogen) atoms. The minimum absolute atomic E-state index is 0.220. The van der Waals surface area contributed by atoms with Crippen LogP contribution >= 0.6 is 0 Å². The van der Waals surface area contributed by atoms with Crippen LogP contribution in [0.3, 0.4) is 0 Å². The van der Waals surface area contributed by atoms with Crippen LogP contribution in [0.5, 0.6) is 0 Å². The van der Waals surface area contributed by atoms with Crippen molar-refractivity contribution in [3.63, 3.8) is 0 Å². The second-order valence-corrected chi connectivity index (χ2v) is 3.92. The van der Waals surface area contributed by atoms with Crippen molar-refractivity contribution in [2.75, 3.05) is 26.3 Å². The van der Waals surface area contributed by atoms with Crippen LogP contribution in [0.2, 0.25) is 0 Å². The predicted octanol–water partition coefficient (Wildman–Crippen LogP) is 1.36. The van der Waals surface area contributed by atoms with Crippen LogP contribution in [0.25, 0.3) is 0 Å². The summed E-state index contributed by atoms with van der Waals surface area (Å²) >= 11 is 0. The smallest absolute Gasteiger partial charge is 0.410 e. The van der Waals surface area contributed by atoms with E-state index in [1.54, 1.807) is 4.90 Å². The van der Waals surface area contributed by atoms with Gasteiger partial charge in [-0.2, -0.15) is 0 Å². The molecule has 1 aliphatic rings. The zero-order valence-corrected chi connectivity index (χ0v) is 9.89. The Bertz CT molecular complexity index is 389. The average Bonchev–Trinajstić information content (AvgIpc) is 2.37. The molecule has 0 spiro atoms. The molecule has 0 aliphatic carbocycles. The molecule has 1 aromatic rings. The summed E-state index contributed by atoms with van der Waals surface area (Å²) in [4.78, 5) is 17.6. The van der Waals surface area contributed by atoms with Gasteiger partial charge in [0.05, 0.1) is 18.9 Å². The summed E-state index contributed by atoms with van der Waals surface area (Å²) in [6.07, 6.45) is -0.295. The third kappa shape index (κ3) is 3.42. The topological polar surface area (TPSA) is 51.7 Å². The SMILES string of the molecule is Cc1cccc(COC(=O)N2CCOCC2)n1. The van der Waals surface area contributed by atoms with E-state index in [2.05, 4.69) is 4.98 Å². The van der Waals surface area contributed by atoms with E-state index in [0.29, 0.717) is 26.3 Å². The number of carbonyl (C=O) groups is 1. The maximum atomic E-state index is 11.7. The van der Waals surface area contributed by atoms with E-state index >= 15 is 0 Å². The molecule has 5 heteroatoms. The van der Waals surface area contributed by atoms with Gasteiger partial charge in [-0.1, -0.05) is 6.07 Å². The van der Waals surface area contributed by atoms with Crippen LogP contribution in [0.1, 0.15) is 11.4 Å². The highest BCUT2D eigenvalue weighted by Crippen LogP contribution is 2.04. The maximum Gasteiger partial charge on any atom is 0.410 e. The predicted molar refractivity (Wildman–Crippen MR) is 61.6 cm³/mol. The van der Waals surface area contributed by atoms with Gasteiger partial charge in [0.15, 0.2) is 0 Å². The van der Waals surface area contributed by atoms with Gasteiger partial charge in [0.2, 0.25) is 0 Å². The molecule has 2 heterocycles. The van der Waals surface area contributed by atoms with Gasteiger partial charge in [-0.3, -0.25) is 4.98 Å². The second kappa shape index (κ2) is 5.63. The lowest BCUT2D eigenvalue weighted by molar-refractivity contribution is 0.0246. The van der Waals surface area contributed by atoms with Gasteiger partial charge in [-0.25, -0.2) is 4.79 Å². The van der Waals surface area contributed by atoms with Crippen LogP contribution < -0.4 is 0 Å². The molecule has 0 saturated carbocycles. The normalized spacial score (nSPS) is 15.7. The molecule has 0 atom stereocenters. The van der Waals surface area contributed by atoms with E-state index < -0.39 is 0 Å². The molecule has 0 unspecified atom stereocenters. The molecular formula is C12H16N2O3. The molecule has 1 aromatic heterocycles. The highest BCUT2D eigenvalue weighted by Gasteiger charge is 2.17. The van der Waals surface area contributed by atoms with E-state index in [9.17, 15) is 4.79 Å². The summed E-state index contributed by atoms with van der Waals surface area (Å²) in [6.45, 7) is 4.49. The van der Waals surface area contributed by atoms with Gasteiger partial charge in [0.1, 0.15) is 6.61 Å². The molecule has 0 N–H and O–H groups in total. The number of aryl methyl sites for hydroxylation is 1. The highest BCUT2D eigenvalue weighted by atomic mass is 16.6. The third-order valence-corrected chi connectivity index (χ3v) is 2.56. The van der Waals surface area contributed by atoms with Crippen molar-refractivity contribution >= 4 is 6.09 Å². The van der Waals surface area contributed by atoms with E-state index in [0.717, 1.165) is 11.4 Å². The Morgan fingerprint density at radius 2 is 2.24 bits per heavy atom. The zero-order chi connectivity index (χ0) is 12.1.